The molecule has 56 valence electrons. The molecule has 0 saturated carbocycles. The van der Waals surface area contributed by atoms with E-state index in [1.54, 1.807) is 4.90 Å². The fourth-order valence-corrected chi connectivity index (χ4v) is 1.47. The summed E-state index contributed by atoms with van der Waals surface area (Å²) in [6.45, 7) is 2.95. The van der Waals surface area contributed by atoms with E-state index in [9.17, 15) is 4.79 Å². The van der Waals surface area contributed by atoms with Gasteiger partial charge in [0.2, 0.25) is 5.91 Å². The van der Waals surface area contributed by atoms with Crippen molar-refractivity contribution >= 4 is 5.91 Å². The fraction of sp³-hybridized carbons (Fsp3) is 0.857. The smallest absolute Gasteiger partial charge is 0.229 e. The molecule has 3 heteroatoms. The summed E-state index contributed by atoms with van der Waals surface area (Å²) in [7, 11) is 0. The molecule has 0 N–H and O–H groups in total. The van der Waals surface area contributed by atoms with Crippen LogP contribution in [-0.4, -0.2) is 29.7 Å². The Balaban J connectivity index is 1.99. The van der Waals surface area contributed by atoms with Gasteiger partial charge in [-0.2, -0.15) is 0 Å². The van der Waals surface area contributed by atoms with Crippen LogP contribution in [0.1, 0.15) is 19.8 Å². The van der Waals surface area contributed by atoms with E-state index in [4.69, 9.17) is 4.74 Å². The third-order valence-corrected chi connectivity index (χ3v) is 2.18. The molecule has 0 aromatic heterocycles. The van der Waals surface area contributed by atoms with Gasteiger partial charge in [0.1, 0.15) is 6.23 Å². The molecule has 2 aliphatic heterocycles. The van der Waals surface area contributed by atoms with Crippen molar-refractivity contribution in [2.45, 2.75) is 32.1 Å². The molecule has 1 amide bonds. The molecule has 2 saturated heterocycles. The largest absolute Gasteiger partial charge is 0.355 e. The summed E-state index contributed by atoms with van der Waals surface area (Å²) in [6, 6.07) is 0. The Kier molecular flexibility index (Phi) is 1.20. The summed E-state index contributed by atoms with van der Waals surface area (Å²) >= 11 is 0. The van der Waals surface area contributed by atoms with Gasteiger partial charge in [-0.25, -0.2) is 0 Å². The van der Waals surface area contributed by atoms with Crippen LogP contribution in [0.4, 0.5) is 0 Å². The summed E-state index contributed by atoms with van der Waals surface area (Å²) in [4.78, 5) is 12.6. The molecule has 2 aliphatic rings. The molecular weight excluding hydrogens is 130 g/mol. The van der Waals surface area contributed by atoms with Gasteiger partial charge in [-0.05, 0) is 13.3 Å². The van der Waals surface area contributed by atoms with Gasteiger partial charge in [0.25, 0.3) is 0 Å². The average molecular weight is 141 g/mol. The number of hydrogen-bond acceptors (Lipinski definition) is 2. The van der Waals surface area contributed by atoms with Gasteiger partial charge in [-0.1, -0.05) is 0 Å². The molecule has 10 heavy (non-hydrogen) atoms. The normalized spacial score (nSPS) is 38.9. The van der Waals surface area contributed by atoms with Crippen LogP contribution in [0.2, 0.25) is 0 Å². The zero-order valence-electron chi connectivity index (χ0n) is 6.04. The summed E-state index contributed by atoms with van der Waals surface area (Å²) in [6.07, 6.45) is 2.05. The van der Waals surface area contributed by atoms with Gasteiger partial charge in [0.05, 0.1) is 12.5 Å². The molecule has 0 aromatic carbocycles. The molecule has 2 atom stereocenters. The first-order valence-electron chi connectivity index (χ1n) is 3.72. The topological polar surface area (TPSA) is 29.5 Å². The minimum Gasteiger partial charge on any atom is -0.355 e. The Morgan fingerprint density at radius 2 is 2.50 bits per heavy atom. The second-order valence-electron chi connectivity index (χ2n) is 2.98. The van der Waals surface area contributed by atoms with E-state index in [-0.39, 0.29) is 12.1 Å². The number of nitrogens with zero attached hydrogens (tertiary/aromatic N) is 1. The van der Waals surface area contributed by atoms with Gasteiger partial charge in [0, 0.05) is 6.54 Å². The third-order valence-electron chi connectivity index (χ3n) is 2.18. The minimum absolute atomic E-state index is 0.122. The molecule has 0 bridgehead atoms. The highest BCUT2D eigenvalue weighted by atomic mass is 16.5. The number of hydrogen-bond donors (Lipinski definition) is 0. The maximum atomic E-state index is 10.8. The lowest BCUT2D eigenvalue weighted by molar-refractivity contribution is -0.198. The van der Waals surface area contributed by atoms with Crippen molar-refractivity contribution in [3.05, 3.63) is 0 Å². The number of carbonyl (C=O) groups is 1. The number of β-lactam (4-membered cyclic amide) rings is 1. The highest BCUT2D eigenvalue weighted by Crippen LogP contribution is 2.26. The molecule has 2 fully saturated rings. The van der Waals surface area contributed by atoms with E-state index in [0.717, 1.165) is 13.0 Å². The Morgan fingerprint density at radius 1 is 1.70 bits per heavy atom. The lowest BCUT2D eigenvalue weighted by Gasteiger charge is -2.45. The Bertz CT molecular complexity index is 169. The lowest BCUT2D eigenvalue weighted by Crippen LogP contribution is -2.58. The predicted octanol–water partition coefficient (Wildman–Crippen LogP) is 0.354. The summed E-state index contributed by atoms with van der Waals surface area (Å²) < 4.78 is 5.46. The SMILES string of the molecule is C[C@H]1CCN2C(=O)CC2O1. The summed E-state index contributed by atoms with van der Waals surface area (Å²) in [5.74, 6) is 0.247. The van der Waals surface area contributed by atoms with Crippen molar-refractivity contribution in [3.63, 3.8) is 0 Å². The number of carbonyl (C=O) groups excluding carboxylic acids is 1. The highest BCUT2D eigenvalue weighted by molar-refractivity contribution is 5.82. The standard InChI is InChI=1S/C7H11NO2/c1-5-2-3-8-6(9)4-7(8)10-5/h5,7H,2-4H2,1H3/t5-,7?/m0/s1. The predicted molar refractivity (Wildman–Crippen MR) is 35.3 cm³/mol. The van der Waals surface area contributed by atoms with E-state index in [1.807, 2.05) is 0 Å². The minimum atomic E-state index is 0.122. The number of ether oxygens (including phenoxy) is 1. The van der Waals surface area contributed by atoms with Crippen molar-refractivity contribution in [2.24, 2.45) is 0 Å². The van der Waals surface area contributed by atoms with Crippen molar-refractivity contribution < 1.29 is 9.53 Å². The van der Waals surface area contributed by atoms with Gasteiger partial charge < -0.3 is 9.64 Å². The molecule has 0 aromatic rings. The van der Waals surface area contributed by atoms with Gasteiger partial charge in [0.15, 0.2) is 0 Å². The first-order chi connectivity index (χ1) is 4.77. The first kappa shape index (κ1) is 6.16. The van der Waals surface area contributed by atoms with Crippen LogP contribution in [0.15, 0.2) is 0 Å². The third kappa shape index (κ3) is 0.736. The van der Waals surface area contributed by atoms with Gasteiger partial charge in [-0.3, -0.25) is 4.79 Å². The van der Waals surface area contributed by atoms with Crippen LogP contribution < -0.4 is 0 Å². The monoisotopic (exact) mass is 141 g/mol. The zero-order chi connectivity index (χ0) is 7.14. The maximum absolute atomic E-state index is 10.8. The fourth-order valence-electron chi connectivity index (χ4n) is 1.47. The van der Waals surface area contributed by atoms with Crippen LogP contribution in [0.5, 0.6) is 0 Å². The second-order valence-corrected chi connectivity index (χ2v) is 2.98. The van der Waals surface area contributed by atoms with E-state index >= 15 is 0 Å². The Hall–Kier alpha value is -0.570. The van der Waals surface area contributed by atoms with Crippen molar-refractivity contribution in [1.82, 2.24) is 4.90 Å². The van der Waals surface area contributed by atoms with Gasteiger partial charge >= 0.3 is 0 Å². The van der Waals surface area contributed by atoms with Crippen molar-refractivity contribution in [3.8, 4) is 0 Å². The number of amides is 1. The van der Waals surface area contributed by atoms with Crippen LogP contribution in [-0.2, 0) is 9.53 Å². The molecule has 0 radical (unpaired) electrons. The molecule has 2 heterocycles. The average Bonchev–Trinajstić information content (AvgIpc) is 1.86. The van der Waals surface area contributed by atoms with E-state index < -0.39 is 0 Å². The summed E-state index contributed by atoms with van der Waals surface area (Å²) in [5.41, 5.74) is 0. The molecule has 0 spiro atoms. The molecule has 2 rings (SSSR count). The maximum Gasteiger partial charge on any atom is 0.229 e. The lowest BCUT2D eigenvalue weighted by atomic mass is 10.1. The molecule has 1 unspecified atom stereocenters. The summed E-state index contributed by atoms with van der Waals surface area (Å²) in [5, 5.41) is 0. The van der Waals surface area contributed by atoms with Crippen LogP contribution in [0, 0.1) is 0 Å². The zero-order valence-corrected chi connectivity index (χ0v) is 6.04. The van der Waals surface area contributed by atoms with Crippen LogP contribution in [0.3, 0.4) is 0 Å². The molecular formula is C7H11NO2. The Morgan fingerprint density at radius 3 is 3.10 bits per heavy atom. The van der Waals surface area contributed by atoms with Crippen molar-refractivity contribution in [2.75, 3.05) is 6.54 Å². The quantitative estimate of drug-likeness (QED) is 0.456. The second kappa shape index (κ2) is 1.95. The molecule has 0 aliphatic carbocycles. The van der Waals surface area contributed by atoms with Gasteiger partial charge in [-0.15, -0.1) is 0 Å². The van der Waals surface area contributed by atoms with E-state index in [1.165, 1.54) is 0 Å². The molecule has 3 nitrogen and oxygen atoms in total. The van der Waals surface area contributed by atoms with Crippen molar-refractivity contribution in [1.29, 1.82) is 0 Å². The first-order valence-corrected chi connectivity index (χ1v) is 3.72. The van der Waals surface area contributed by atoms with E-state index in [0.29, 0.717) is 12.5 Å². The highest BCUT2D eigenvalue weighted by Gasteiger charge is 2.40. The van der Waals surface area contributed by atoms with Crippen LogP contribution >= 0.6 is 0 Å². The van der Waals surface area contributed by atoms with E-state index in [2.05, 4.69) is 6.92 Å². The Labute approximate surface area is 60.0 Å². The van der Waals surface area contributed by atoms with Crippen LogP contribution in [0.25, 0.3) is 0 Å². The number of rotatable bonds is 0. The number of fused-ring (bicyclic) bond motifs is 1.